The topological polar surface area (TPSA) is 63.9 Å². The molecular formula is C10H8F2NO2S-. The Morgan fingerprint density at radius 3 is 2.62 bits per heavy atom. The van der Waals surface area contributed by atoms with Crippen molar-refractivity contribution < 1.29 is 17.5 Å². The molecule has 1 aromatic carbocycles. The maximum atomic E-state index is 12.7. The smallest absolute Gasteiger partial charge is 0.265 e. The summed E-state index contributed by atoms with van der Waals surface area (Å²) in [5, 5.41) is 8.66. The van der Waals surface area contributed by atoms with Gasteiger partial charge in [0.1, 0.15) is 0 Å². The van der Waals surface area contributed by atoms with Crippen molar-refractivity contribution in [3.8, 4) is 6.07 Å². The first-order valence-electron chi connectivity index (χ1n) is 4.33. The van der Waals surface area contributed by atoms with Gasteiger partial charge in [-0.3, -0.25) is 4.21 Å². The van der Waals surface area contributed by atoms with Crippen LogP contribution in [-0.4, -0.2) is 8.76 Å². The highest BCUT2D eigenvalue weighted by Gasteiger charge is 2.18. The van der Waals surface area contributed by atoms with E-state index in [1.54, 1.807) is 6.07 Å². The molecular weight excluding hydrogens is 236 g/mol. The normalized spacial score (nSPS) is 12.5. The Bertz CT molecular complexity index is 469. The van der Waals surface area contributed by atoms with E-state index in [1.165, 1.54) is 19.1 Å². The first-order chi connectivity index (χ1) is 7.47. The third-order valence-corrected chi connectivity index (χ3v) is 2.79. The molecule has 0 aromatic heterocycles. The van der Waals surface area contributed by atoms with E-state index in [4.69, 9.17) is 5.26 Å². The van der Waals surface area contributed by atoms with Gasteiger partial charge in [-0.25, -0.2) is 8.78 Å². The van der Waals surface area contributed by atoms with Crippen LogP contribution in [0.5, 0.6) is 0 Å². The lowest BCUT2D eigenvalue weighted by molar-refractivity contribution is 0.150. The zero-order chi connectivity index (χ0) is 12.3. The van der Waals surface area contributed by atoms with Crippen LogP contribution in [0.2, 0.25) is 0 Å². The molecule has 0 bridgehead atoms. The summed E-state index contributed by atoms with van der Waals surface area (Å²) >= 11 is -2.33. The highest BCUT2D eigenvalue weighted by molar-refractivity contribution is 7.78. The van der Waals surface area contributed by atoms with Crippen molar-refractivity contribution in [1.82, 2.24) is 0 Å². The van der Waals surface area contributed by atoms with E-state index in [1.807, 2.05) is 0 Å². The number of halogens is 2. The van der Waals surface area contributed by atoms with E-state index >= 15 is 0 Å². The number of alkyl halides is 2. The molecule has 0 N–H and O–H groups in total. The molecule has 1 unspecified atom stereocenters. The van der Waals surface area contributed by atoms with Gasteiger partial charge in [0.2, 0.25) is 0 Å². The van der Waals surface area contributed by atoms with Gasteiger partial charge < -0.3 is 4.55 Å². The molecule has 0 aliphatic rings. The van der Waals surface area contributed by atoms with Crippen molar-refractivity contribution in [2.75, 3.05) is 0 Å². The van der Waals surface area contributed by atoms with Crippen LogP contribution in [0.3, 0.4) is 0 Å². The molecule has 0 fully saturated rings. The molecule has 86 valence electrons. The largest absolute Gasteiger partial charge is 0.772 e. The Hall–Kier alpha value is -1.32. The second kappa shape index (κ2) is 5.14. The minimum Gasteiger partial charge on any atom is -0.772 e. The first kappa shape index (κ1) is 12.7. The van der Waals surface area contributed by atoms with Crippen molar-refractivity contribution in [2.24, 2.45) is 0 Å². The summed E-state index contributed by atoms with van der Waals surface area (Å²) in [5.41, 5.74) is -0.0423. The average Bonchev–Trinajstić information content (AvgIpc) is 2.19. The Balaban J connectivity index is 3.33. The van der Waals surface area contributed by atoms with Crippen LogP contribution >= 0.6 is 0 Å². The van der Waals surface area contributed by atoms with E-state index < -0.39 is 17.5 Å². The summed E-state index contributed by atoms with van der Waals surface area (Å²) < 4.78 is 46.4. The molecule has 0 amide bonds. The molecule has 0 saturated carbocycles. The van der Waals surface area contributed by atoms with Gasteiger partial charge in [0, 0.05) is 11.3 Å². The van der Waals surface area contributed by atoms with Crippen molar-refractivity contribution in [2.45, 2.75) is 19.1 Å². The molecule has 1 atom stereocenters. The van der Waals surface area contributed by atoms with Crippen LogP contribution in [0, 0.1) is 18.3 Å². The van der Waals surface area contributed by atoms with Crippen molar-refractivity contribution in [3.63, 3.8) is 0 Å². The van der Waals surface area contributed by atoms with Crippen LogP contribution in [-0.2, 0) is 16.8 Å². The van der Waals surface area contributed by atoms with E-state index in [9.17, 15) is 17.5 Å². The predicted molar refractivity (Wildman–Crippen MR) is 53.5 cm³/mol. The van der Waals surface area contributed by atoms with Crippen LogP contribution in [0.1, 0.15) is 28.7 Å². The molecule has 0 aliphatic heterocycles. The minimum absolute atomic E-state index is 0.118. The fourth-order valence-corrected chi connectivity index (χ4v) is 2.00. The standard InChI is InChI=1S/C10H9F2NO2S/c1-6-8(5-16(14)15)3-2-7(4-13)9(6)10(11)12/h2-3,10H,5H2,1H3,(H,14,15)/p-1. The van der Waals surface area contributed by atoms with E-state index in [0.29, 0.717) is 5.56 Å². The second-order valence-electron chi connectivity index (χ2n) is 3.17. The molecule has 3 nitrogen and oxygen atoms in total. The Kier molecular flexibility index (Phi) is 4.10. The lowest BCUT2D eigenvalue weighted by Crippen LogP contribution is -2.02. The molecule has 1 aromatic rings. The molecule has 0 saturated heterocycles. The molecule has 0 spiro atoms. The molecule has 0 aliphatic carbocycles. The lowest BCUT2D eigenvalue weighted by atomic mass is 9.98. The summed E-state index contributed by atoms with van der Waals surface area (Å²) in [5.74, 6) is -0.322. The molecule has 0 radical (unpaired) electrons. The van der Waals surface area contributed by atoms with Gasteiger partial charge >= 0.3 is 0 Å². The maximum Gasteiger partial charge on any atom is 0.265 e. The Labute approximate surface area is 94.0 Å². The molecule has 6 heteroatoms. The van der Waals surface area contributed by atoms with Gasteiger partial charge in [0.15, 0.2) is 0 Å². The van der Waals surface area contributed by atoms with Gasteiger partial charge in [-0.2, -0.15) is 5.26 Å². The highest BCUT2D eigenvalue weighted by atomic mass is 32.2. The van der Waals surface area contributed by atoms with E-state index in [-0.39, 0.29) is 22.4 Å². The summed E-state index contributed by atoms with van der Waals surface area (Å²) in [6, 6.07) is 4.27. The monoisotopic (exact) mass is 244 g/mol. The Morgan fingerprint density at radius 1 is 1.56 bits per heavy atom. The molecule has 1 rings (SSSR count). The SMILES string of the molecule is Cc1c(CS(=O)[O-])ccc(C#N)c1C(F)F. The number of nitrogens with zero attached hydrogens (tertiary/aromatic N) is 1. The van der Waals surface area contributed by atoms with Crippen molar-refractivity contribution in [1.29, 1.82) is 5.26 Å². The van der Waals surface area contributed by atoms with Gasteiger partial charge in [0.25, 0.3) is 6.43 Å². The van der Waals surface area contributed by atoms with Crippen molar-refractivity contribution >= 4 is 11.1 Å². The quantitative estimate of drug-likeness (QED) is 0.765. The fourth-order valence-electron chi connectivity index (χ4n) is 1.44. The second-order valence-corrected chi connectivity index (χ2v) is 4.07. The van der Waals surface area contributed by atoms with Gasteiger partial charge in [-0.05, 0) is 24.1 Å². The van der Waals surface area contributed by atoms with E-state index in [0.717, 1.165) is 0 Å². The van der Waals surface area contributed by atoms with Crippen LogP contribution in [0.4, 0.5) is 8.78 Å². The number of hydrogen-bond acceptors (Lipinski definition) is 3. The predicted octanol–water partition coefficient (Wildman–Crippen LogP) is 2.18. The van der Waals surface area contributed by atoms with Crippen LogP contribution in [0.25, 0.3) is 0 Å². The number of benzene rings is 1. The van der Waals surface area contributed by atoms with Crippen LogP contribution < -0.4 is 0 Å². The zero-order valence-electron chi connectivity index (χ0n) is 8.37. The highest BCUT2D eigenvalue weighted by Crippen LogP contribution is 2.28. The maximum absolute atomic E-state index is 12.7. The first-order valence-corrected chi connectivity index (χ1v) is 5.58. The fraction of sp³-hybridized carbons (Fsp3) is 0.300. The number of hydrogen-bond donors (Lipinski definition) is 0. The van der Waals surface area contributed by atoms with Crippen LogP contribution in [0.15, 0.2) is 12.1 Å². The summed E-state index contributed by atoms with van der Waals surface area (Å²) in [4.78, 5) is 0. The number of nitriles is 1. The third kappa shape index (κ3) is 2.62. The third-order valence-electron chi connectivity index (χ3n) is 2.24. The molecule has 16 heavy (non-hydrogen) atoms. The van der Waals surface area contributed by atoms with E-state index in [2.05, 4.69) is 0 Å². The van der Waals surface area contributed by atoms with Gasteiger partial charge in [-0.15, -0.1) is 0 Å². The zero-order valence-corrected chi connectivity index (χ0v) is 9.18. The summed E-state index contributed by atoms with van der Waals surface area (Å²) in [7, 11) is 0. The molecule has 0 heterocycles. The summed E-state index contributed by atoms with van der Waals surface area (Å²) in [6.07, 6.45) is -2.78. The lowest BCUT2D eigenvalue weighted by Gasteiger charge is -2.13. The average molecular weight is 244 g/mol. The van der Waals surface area contributed by atoms with Gasteiger partial charge in [0.05, 0.1) is 11.6 Å². The number of rotatable bonds is 3. The summed E-state index contributed by atoms with van der Waals surface area (Å²) in [6.45, 7) is 1.39. The van der Waals surface area contributed by atoms with Gasteiger partial charge in [-0.1, -0.05) is 17.1 Å². The van der Waals surface area contributed by atoms with Crippen molar-refractivity contribution in [3.05, 3.63) is 34.4 Å². The minimum atomic E-state index is -2.78. The Morgan fingerprint density at radius 2 is 2.19 bits per heavy atom.